The van der Waals surface area contributed by atoms with Gasteiger partial charge in [0.1, 0.15) is 24.7 Å². The molecule has 4 atom stereocenters. The summed E-state index contributed by atoms with van der Waals surface area (Å²) in [5.41, 5.74) is 1.50. The van der Waals surface area contributed by atoms with Crippen LogP contribution in [0.15, 0.2) is 72.8 Å². The Morgan fingerprint density at radius 2 is 1.50 bits per heavy atom. The summed E-state index contributed by atoms with van der Waals surface area (Å²) >= 11 is 0. The van der Waals surface area contributed by atoms with E-state index < -0.39 is 53.8 Å². The Labute approximate surface area is 301 Å². The molecule has 2 aliphatic rings. The molecule has 0 radical (unpaired) electrons. The number of carbonyl (C=O) groups excluding carboxylic acids is 5. The molecule has 0 aromatic heterocycles. The van der Waals surface area contributed by atoms with Crippen molar-refractivity contribution in [1.82, 2.24) is 21.3 Å². The highest BCUT2D eigenvalue weighted by atomic mass is 19.3. The van der Waals surface area contributed by atoms with Gasteiger partial charge in [0.2, 0.25) is 23.6 Å². The smallest absolute Gasteiger partial charge is 0.408 e. The number of alkyl carbamates (subject to hydrolysis) is 1. The minimum atomic E-state index is -2.80. The largest absolute Gasteiger partial charge is 0.467 e. The first-order valence-corrected chi connectivity index (χ1v) is 17.8. The fourth-order valence-electron chi connectivity index (χ4n) is 6.95. The van der Waals surface area contributed by atoms with Gasteiger partial charge in [-0.15, -0.1) is 0 Å². The molecule has 0 spiro atoms. The Morgan fingerprint density at radius 3 is 2.23 bits per heavy atom. The third kappa shape index (κ3) is 10.7. The maximum absolute atomic E-state index is 14.2. The van der Waals surface area contributed by atoms with Gasteiger partial charge in [0.15, 0.2) is 0 Å². The van der Waals surface area contributed by atoms with Crippen molar-refractivity contribution in [3.63, 3.8) is 0 Å². The van der Waals surface area contributed by atoms with E-state index >= 15 is 0 Å². The van der Waals surface area contributed by atoms with Crippen molar-refractivity contribution in [3.05, 3.63) is 83.9 Å². The van der Waals surface area contributed by atoms with E-state index in [-0.39, 0.29) is 63.4 Å². The van der Waals surface area contributed by atoms with Crippen LogP contribution in [0.3, 0.4) is 0 Å². The summed E-state index contributed by atoms with van der Waals surface area (Å²) in [6, 6.07) is 18.6. The number of ether oxygens (including phenoxy) is 2. The zero-order chi connectivity index (χ0) is 37.1. The van der Waals surface area contributed by atoms with Gasteiger partial charge in [-0.05, 0) is 66.3 Å². The van der Waals surface area contributed by atoms with Crippen LogP contribution in [0.1, 0.15) is 62.5 Å². The van der Waals surface area contributed by atoms with Gasteiger partial charge in [0.05, 0.1) is 7.11 Å². The maximum Gasteiger partial charge on any atom is 0.408 e. The first-order chi connectivity index (χ1) is 25.0. The minimum Gasteiger partial charge on any atom is -0.467 e. The van der Waals surface area contributed by atoms with E-state index in [4.69, 9.17) is 9.47 Å². The third-order valence-corrected chi connectivity index (χ3v) is 9.89. The van der Waals surface area contributed by atoms with Crippen LogP contribution in [0.2, 0.25) is 0 Å². The molecule has 3 aromatic rings. The van der Waals surface area contributed by atoms with Crippen LogP contribution in [0.25, 0.3) is 10.8 Å². The molecule has 1 aliphatic heterocycles. The van der Waals surface area contributed by atoms with Crippen LogP contribution >= 0.6 is 0 Å². The number of esters is 1. The van der Waals surface area contributed by atoms with Gasteiger partial charge in [-0.2, -0.15) is 0 Å². The fourth-order valence-corrected chi connectivity index (χ4v) is 6.95. The van der Waals surface area contributed by atoms with Crippen molar-refractivity contribution in [1.29, 1.82) is 0 Å². The highest BCUT2D eigenvalue weighted by Crippen LogP contribution is 2.38. The summed E-state index contributed by atoms with van der Waals surface area (Å²) in [5, 5.41) is 12.7. The minimum absolute atomic E-state index is 0.0148. The highest BCUT2D eigenvalue weighted by molar-refractivity contribution is 5.94. The number of hydrogen-bond acceptors (Lipinski definition) is 7. The molecule has 52 heavy (non-hydrogen) atoms. The second kappa shape index (κ2) is 17.9. The number of halogens is 2. The van der Waals surface area contributed by atoms with Crippen molar-refractivity contribution < 1.29 is 42.2 Å². The molecule has 1 saturated carbocycles. The van der Waals surface area contributed by atoms with Crippen molar-refractivity contribution in [3.8, 4) is 0 Å². The van der Waals surface area contributed by atoms with Gasteiger partial charge in [-0.1, -0.05) is 72.8 Å². The molecule has 3 aromatic carbocycles. The zero-order valence-electron chi connectivity index (χ0n) is 29.2. The van der Waals surface area contributed by atoms with Crippen molar-refractivity contribution in [2.75, 3.05) is 13.7 Å². The molecular formula is C39H46F2N4O7. The Morgan fingerprint density at radius 1 is 0.827 bits per heavy atom. The lowest BCUT2D eigenvalue weighted by atomic mass is 9.82. The standard InChI is InChI=1S/C39H46F2N4O7/c1-51-37(49)33(23-29-14-8-20-42-34(29)46)44-35(47)31(21-25-16-18-39(40,41)19-17-25)43-36(48)32(45-38(50)52-24-26-9-3-2-4-10-26)22-28-13-7-12-27-11-5-6-15-30(27)28/h2-7,9-13,15,25,29,31-33H,8,14,16-24H2,1H3,(H,42,46)(H,43,48)(H,44,47)(H,45,50)/t29-,31?,32-,33-/m0/s1. The molecule has 4 N–H and O–H groups in total. The summed E-state index contributed by atoms with van der Waals surface area (Å²) in [5.74, 6) is -6.09. The zero-order valence-corrected chi connectivity index (χ0v) is 29.2. The number of piperidine rings is 1. The van der Waals surface area contributed by atoms with Crippen molar-refractivity contribution in [2.24, 2.45) is 11.8 Å². The van der Waals surface area contributed by atoms with E-state index in [2.05, 4.69) is 21.3 Å². The van der Waals surface area contributed by atoms with Crippen LogP contribution < -0.4 is 21.3 Å². The molecule has 2 fully saturated rings. The molecule has 1 aliphatic carbocycles. The van der Waals surface area contributed by atoms with Gasteiger partial charge in [0.25, 0.3) is 0 Å². The number of nitrogens with one attached hydrogen (secondary N) is 4. The predicted octanol–water partition coefficient (Wildman–Crippen LogP) is 4.95. The van der Waals surface area contributed by atoms with E-state index in [1.807, 2.05) is 48.5 Å². The second-order valence-electron chi connectivity index (χ2n) is 13.6. The Balaban J connectivity index is 1.38. The number of fused-ring (bicyclic) bond motifs is 1. The molecule has 5 rings (SSSR count). The molecule has 0 bridgehead atoms. The van der Waals surface area contributed by atoms with E-state index in [1.54, 1.807) is 24.3 Å². The average Bonchev–Trinajstić information content (AvgIpc) is 3.15. The summed E-state index contributed by atoms with van der Waals surface area (Å²) in [6.45, 7) is 0.480. The first kappa shape index (κ1) is 38.2. The molecule has 1 unspecified atom stereocenters. The van der Waals surface area contributed by atoms with Crippen LogP contribution in [0, 0.1) is 11.8 Å². The second-order valence-corrected chi connectivity index (χ2v) is 13.6. The third-order valence-electron chi connectivity index (χ3n) is 9.89. The molecular weight excluding hydrogens is 674 g/mol. The Hall–Kier alpha value is -5.07. The average molecular weight is 721 g/mol. The molecule has 1 saturated heterocycles. The number of benzene rings is 3. The van der Waals surface area contributed by atoms with Crippen molar-refractivity contribution >= 4 is 40.6 Å². The number of rotatable bonds is 14. The maximum atomic E-state index is 14.2. The number of alkyl halides is 2. The molecule has 278 valence electrons. The predicted molar refractivity (Wildman–Crippen MR) is 189 cm³/mol. The topological polar surface area (TPSA) is 152 Å². The van der Waals surface area contributed by atoms with Crippen LogP contribution in [-0.4, -0.2) is 67.5 Å². The lowest BCUT2D eigenvalue weighted by Crippen LogP contribution is -2.57. The summed E-state index contributed by atoms with van der Waals surface area (Å²) in [6.07, 6.45) is 0.00702. The van der Waals surface area contributed by atoms with Gasteiger partial charge in [-0.3, -0.25) is 14.4 Å². The van der Waals surface area contributed by atoms with E-state index in [1.165, 1.54) is 7.11 Å². The van der Waals surface area contributed by atoms with Crippen LogP contribution in [-0.2, 0) is 41.7 Å². The lowest BCUT2D eigenvalue weighted by molar-refractivity contribution is -0.146. The van der Waals surface area contributed by atoms with Gasteiger partial charge >= 0.3 is 12.1 Å². The summed E-state index contributed by atoms with van der Waals surface area (Å²) < 4.78 is 38.5. The van der Waals surface area contributed by atoms with Crippen LogP contribution in [0.4, 0.5) is 13.6 Å². The fraction of sp³-hybridized carbons (Fsp3) is 0.462. The first-order valence-electron chi connectivity index (χ1n) is 17.8. The Kier molecular flexibility index (Phi) is 13.2. The van der Waals surface area contributed by atoms with Crippen LogP contribution in [0.5, 0.6) is 0 Å². The summed E-state index contributed by atoms with van der Waals surface area (Å²) in [7, 11) is 1.17. The van der Waals surface area contributed by atoms with Gasteiger partial charge in [0, 0.05) is 31.7 Å². The van der Waals surface area contributed by atoms with Gasteiger partial charge < -0.3 is 30.7 Å². The lowest BCUT2D eigenvalue weighted by Gasteiger charge is -2.32. The Bertz CT molecular complexity index is 1710. The number of hydrogen-bond donors (Lipinski definition) is 4. The summed E-state index contributed by atoms with van der Waals surface area (Å²) in [4.78, 5) is 66.6. The monoisotopic (exact) mass is 720 g/mol. The molecule has 11 nitrogen and oxygen atoms in total. The molecule has 1 heterocycles. The van der Waals surface area contributed by atoms with Crippen molar-refractivity contribution in [2.45, 2.75) is 88.4 Å². The normalized spacial score (nSPS) is 19.0. The van der Waals surface area contributed by atoms with E-state index in [0.29, 0.717) is 19.4 Å². The highest BCUT2D eigenvalue weighted by Gasteiger charge is 2.39. The SMILES string of the molecule is COC(=O)[C@H](C[C@@H]1CCCNC1=O)NC(=O)C(CC1CCC(F)(F)CC1)NC(=O)[C@H](Cc1cccc2ccccc12)NC(=O)OCc1ccccc1. The van der Waals surface area contributed by atoms with E-state index in [0.717, 1.165) is 21.9 Å². The van der Waals surface area contributed by atoms with Gasteiger partial charge in [-0.25, -0.2) is 18.4 Å². The molecule has 13 heteroatoms. The number of carbonyl (C=O) groups is 5. The van der Waals surface area contributed by atoms with E-state index in [9.17, 15) is 32.8 Å². The number of amides is 4. The number of methoxy groups -OCH3 is 1. The molecule has 4 amide bonds. The quantitative estimate of drug-likeness (QED) is 0.172.